The molecule has 0 spiro atoms. The molecule has 6 nitrogen and oxygen atoms in total. The summed E-state index contributed by atoms with van der Waals surface area (Å²) in [5, 5.41) is 21.2. The number of rotatable bonds is 3. The van der Waals surface area contributed by atoms with E-state index in [1.54, 1.807) is 6.08 Å². The van der Waals surface area contributed by atoms with Crippen LogP contribution >= 0.6 is 0 Å². The molecule has 4 fully saturated rings. The number of ketones is 1. The molecule has 2 heterocycles. The molecule has 0 aromatic rings. The van der Waals surface area contributed by atoms with Gasteiger partial charge in [-0.05, 0) is 87.0 Å². The van der Waals surface area contributed by atoms with Crippen molar-refractivity contribution in [1.29, 1.82) is 0 Å². The van der Waals surface area contributed by atoms with E-state index in [4.69, 9.17) is 9.47 Å². The molecule has 6 heteroatoms. The number of carbonyl (C=O) groups excluding carboxylic acids is 2. The zero-order valence-electron chi connectivity index (χ0n) is 20.8. The van der Waals surface area contributed by atoms with E-state index in [0.29, 0.717) is 36.2 Å². The van der Waals surface area contributed by atoms with Crippen molar-refractivity contribution in [3.05, 3.63) is 23.3 Å². The molecule has 0 amide bonds. The lowest BCUT2D eigenvalue weighted by atomic mass is 9.43. The monoisotopic (exact) mass is 470 g/mol. The smallest absolute Gasteiger partial charge is 0.336 e. The lowest BCUT2D eigenvalue weighted by Crippen LogP contribution is -2.67. The van der Waals surface area contributed by atoms with Crippen LogP contribution in [0.4, 0.5) is 0 Å². The van der Waals surface area contributed by atoms with Crippen molar-refractivity contribution in [2.75, 3.05) is 6.61 Å². The molecule has 0 aromatic heterocycles. The summed E-state index contributed by atoms with van der Waals surface area (Å²) in [4.78, 5) is 25.7. The summed E-state index contributed by atoms with van der Waals surface area (Å²) in [6.45, 7) is 8.31. The van der Waals surface area contributed by atoms with Gasteiger partial charge < -0.3 is 19.7 Å². The fourth-order valence-corrected chi connectivity index (χ4v) is 9.49. The van der Waals surface area contributed by atoms with Gasteiger partial charge in [0.05, 0.1) is 23.7 Å². The summed E-state index contributed by atoms with van der Waals surface area (Å²) in [7, 11) is 0. The number of carbonyl (C=O) groups is 2. The molecule has 6 rings (SSSR count). The Bertz CT molecular complexity index is 999. The standard InChI is InChI=1S/C28H38O6/c1-14-12-20(33-25(31)16(14)13-29)15(2)17-7-8-18-22-19(9-11-26(17,18)3)27(4)21(30)6-5-10-28(27,32)24-23(22)34-24/h5-6,15,17-20,22-24,29,32H,7-13H2,1-4H3/t15-,17?,18?,19?,20?,22?,23-,24-,26+,27-,28-/m0/s1. The molecule has 11 atom stereocenters. The Hall–Kier alpha value is -1.50. The second kappa shape index (κ2) is 7.27. The third-order valence-electron chi connectivity index (χ3n) is 11.5. The molecular formula is C28H38O6. The molecule has 2 N–H and O–H groups in total. The number of aliphatic hydroxyl groups is 2. The third-order valence-corrected chi connectivity index (χ3v) is 11.5. The van der Waals surface area contributed by atoms with Crippen LogP contribution in [0.25, 0.3) is 0 Å². The quantitative estimate of drug-likeness (QED) is 0.485. The number of epoxide rings is 1. The first kappa shape index (κ1) is 22.9. The van der Waals surface area contributed by atoms with E-state index in [2.05, 4.69) is 13.8 Å². The van der Waals surface area contributed by atoms with Gasteiger partial charge in [-0.15, -0.1) is 0 Å². The predicted molar refractivity (Wildman–Crippen MR) is 124 cm³/mol. The Balaban J connectivity index is 1.29. The highest BCUT2D eigenvalue weighted by molar-refractivity contribution is 5.97. The van der Waals surface area contributed by atoms with Gasteiger partial charge in [0.15, 0.2) is 5.78 Å². The van der Waals surface area contributed by atoms with Crippen molar-refractivity contribution in [2.45, 2.75) is 90.1 Å². The first-order valence-electron chi connectivity index (χ1n) is 13.2. The SMILES string of the molecule is CC1=C(CO)C(=O)OC([C@@H](C)C2CCC3C4C(CC[C@@]32C)[C@@]2(C)C(=O)C=CC[C@]2(O)[C@H]2O[C@@H]42)C1. The average molecular weight is 471 g/mol. The van der Waals surface area contributed by atoms with Gasteiger partial charge >= 0.3 is 5.97 Å². The molecule has 2 aliphatic heterocycles. The minimum absolute atomic E-state index is 0.0471. The summed E-state index contributed by atoms with van der Waals surface area (Å²) in [5.41, 5.74) is -0.426. The largest absolute Gasteiger partial charge is 0.458 e. The molecule has 0 aromatic carbocycles. The highest BCUT2D eigenvalue weighted by Crippen LogP contribution is 2.71. The van der Waals surface area contributed by atoms with Crippen LogP contribution in [0, 0.1) is 40.4 Å². The van der Waals surface area contributed by atoms with E-state index in [1.807, 2.05) is 19.9 Å². The second-order valence-corrected chi connectivity index (χ2v) is 12.6. The minimum atomic E-state index is -1.09. The molecule has 5 unspecified atom stereocenters. The summed E-state index contributed by atoms with van der Waals surface area (Å²) >= 11 is 0. The van der Waals surface area contributed by atoms with Crippen molar-refractivity contribution >= 4 is 11.8 Å². The number of cyclic esters (lactones) is 1. The van der Waals surface area contributed by atoms with Gasteiger partial charge in [0.1, 0.15) is 17.8 Å². The van der Waals surface area contributed by atoms with E-state index in [1.165, 1.54) is 0 Å². The molecule has 0 radical (unpaired) electrons. The number of ether oxygens (including phenoxy) is 2. The Kier molecular flexibility index (Phi) is 4.90. The molecular weight excluding hydrogens is 432 g/mol. The average Bonchev–Trinajstić information content (AvgIpc) is 3.52. The molecule has 34 heavy (non-hydrogen) atoms. The Morgan fingerprint density at radius 2 is 1.94 bits per heavy atom. The first-order chi connectivity index (χ1) is 16.1. The van der Waals surface area contributed by atoms with E-state index < -0.39 is 11.0 Å². The number of aliphatic hydroxyl groups excluding tert-OH is 1. The molecule has 4 aliphatic carbocycles. The summed E-state index contributed by atoms with van der Waals surface area (Å²) < 4.78 is 12.1. The molecule has 0 bridgehead atoms. The van der Waals surface area contributed by atoms with Crippen molar-refractivity contribution in [3.8, 4) is 0 Å². The van der Waals surface area contributed by atoms with Crippen LogP contribution < -0.4 is 0 Å². The van der Waals surface area contributed by atoms with Crippen molar-refractivity contribution in [2.24, 2.45) is 40.4 Å². The van der Waals surface area contributed by atoms with Crippen LogP contribution in [0.3, 0.4) is 0 Å². The van der Waals surface area contributed by atoms with E-state index >= 15 is 0 Å². The lowest BCUT2D eigenvalue weighted by molar-refractivity contribution is -0.182. The third kappa shape index (κ3) is 2.68. The van der Waals surface area contributed by atoms with Gasteiger partial charge in [0.25, 0.3) is 0 Å². The normalized spacial score (nSPS) is 52.4. The van der Waals surface area contributed by atoms with Gasteiger partial charge in [-0.1, -0.05) is 25.5 Å². The Morgan fingerprint density at radius 3 is 2.65 bits per heavy atom. The zero-order chi connectivity index (χ0) is 24.2. The summed E-state index contributed by atoms with van der Waals surface area (Å²) in [6, 6.07) is 0. The minimum Gasteiger partial charge on any atom is -0.458 e. The first-order valence-corrected chi connectivity index (χ1v) is 13.2. The molecule has 6 aliphatic rings. The molecule has 1 saturated heterocycles. The Morgan fingerprint density at radius 1 is 1.18 bits per heavy atom. The van der Waals surface area contributed by atoms with Crippen LogP contribution in [-0.4, -0.2) is 52.5 Å². The maximum atomic E-state index is 13.3. The number of hydrogen-bond donors (Lipinski definition) is 2. The van der Waals surface area contributed by atoms with Gasteiger partial charge in [-0.2, -0.15) is 0 Å². The topological polar surface area (TPSA) is 96.4 Å². The maximum Gasteiger partial charge on any atom is 0.336 e. The predicted octanol–water partition coefficient (Wildman–Crippen LogP) is 3.35. The molecule has 186 valence electrons. The number of allylic oxidation sites excluding steroid dienone is 1. The number of esters is 1. The van der Waals surface area contributed by atoms with Gasteiger partial charge in [0.2, 0.25) is 0 Å². The van der Waals surface area contributed by atoms with E-state index in [9.17, 15) is 19.8 Å². The van der Waals surface area contributed by atoms with Gasteiger partial charge in [0, 0.05) is 6.42 Å². The van der Waals surface area contributed by atoms with Crippen molar-refractivity contribution in [3.63, 3.8) is 0 Å². The van der Waals surface area contributed by atoms with Crippen LogP contribution in [0.5, 0.6) is 0 Å². The van der Waals surface area contributed by atoms with Crippen LogP contribution in [0.2, 0.25) is 0 Å². The van der Waals surface area contributed by atoms with Crippen LogP contribution in [0.15, 0.2) is 23.3 Å². The lowest BCUT2D eigenvalue weighted by Gasteiger charge is -2.60. The highest BCUT2D eigenvalue weighted by atomic mass is 16.6. The Labute approximate surface area is 201 Å². The van der Waals surface area contributed by atoms with Crippen molar-refractivity contribution < 1.29 is 29.3 Å². The summed E-state index contributed by atoms with van der Waals surface area (Å²) in [6.07, 6.45) is 8.46. The summed E-state index contributed by atoms with van der Waals surface area (Å²) in [5.74, 6) is 1.20. The maximum absolute atomic E-state index is 13.3. The number of hydrogen-bond acceptors (Lipinski definition) is 6. The van der Waals surface area contributed by atoms with Crippen LogP contribution in [-0.2, 0) is 19.1 Å². The van der Waals surface area contributed by atoms with Gasteiger partial charge in [-0.25, -0.2) is 4.79 Å². The van der Waals surface area contributed by atoms with E-state index in [0.717, 1.165) is 31.3 Å². The second-order valence-electron chi connectivity index (χ2n) is 12.6. The van der Waals surface area contributed by atoms with E-state index in [-0.39, 0.29) is 53.9 Å². The fourth-order valence-electron chi connectivity index (χ4n) is 9.49. The zero-order valence-corrected chi connectivity index (χ0v) is 20.8. The fraction of sp³-hybridized carbons (Fsp3) is 0.786. The van der Waals surface area contributed by atoms with Crippen LogP contribution in [0.1, 0.15) is 66.2 Å². The molecule has 3 saturated carbocycles. The number of fused-ring (bicyclic) bond motifs is 8. The van der Waals surface area contributed by atoms with Gasteiger partial charge in [-0.3, -0.25) is 4.79 Å². The highest BCUT2D eigenvalue weighted by Gasteiger charge is 2.77. The van der Waals surface area contributed by atoms with Crippen molar-refractivity contribution in [1.82, 2.24) is 0 Å².